The Hall–Kier alpha value is -4.79. The van der Waals surface area contributed by atoms with Gasteiger partial charge in [0, 0.05) is 54.1 Å². The molecule has 3 nitrogen and oxygen atoms in total. The van der Waals surface area contributed by atoms with Crippen LogP contribution in [0.4, 0.5) is 8.78 Å². The van der Waals surface area contributed by atoms with E-state index in [1.54, 1.807) is 36.7 Å². The van der Waals surface area contributed by atoms with Gasteiger partial charge in [-0.3, -0.25) is 4.79 Å². The normalized spacial score (nSPS) is 12.7. The van der Waals surface area contributed by atoms with Gasteiger partial charge in [0.2, 0.25) is 0 Å². The van der Waals surface area contributed by atoms with Gasteiger partial charge in [0.25, 0.3) is 0 Å². The molecule has 2 atom stereocenters. The highest BCUT2D eigenvalue weighted by atomic mass is 35.5. The van der Waals surface area contributed by atoms with E-state index < -0.39 is 11.8 Å². The average Bonchev–Trinajstić information content (AvgIpc) is 3.74. The Kier molecular flexibility index (Phi) is 9.68. The smallest absolute Gasteiger partial charge is 0.150 e. The first kappa shape index (κ1) is 34.3. The Balaban J connectivity index is 1.37. The van der Waals surface area contributed by atoms with Crippen molar-refractivity contribution in [3.05, 3.63) is 176 Å². The lowest BCUT2D eigenvalue weighted by molar-refractivity contribution is -0.121. The molecule has 0 aliphatic carbocycles. The van der Waals surface area contributed by atoms with Gasteiger partial charge >= 0.3 is 0 Å². The second kappa shape index (κ2) is 14.7. The van der Waals surface area contributed by atoms with E-state index in [0.717, 1.165) is 63.6 Å². The maximum absolute atomic E-state index is 15.8. The first-order valence-corrected chi connectivity index (χ1v) is 19.0. The van der Waals surface area contributed by atoms with Gasteiger partial charge < -0.3 is 0 Å². The van der Waals surface area contributed by atoms with Crippen molar-refractivity contribution in [2.45, 2.75) is 24.7 Å². The van der Waals surface area contributed by atoms with Gasteiger partial charge in [0.15, 0.2) is 0 Å². The molecule has 4 aromatic carbocycles. The summed E-state index contributed by atoms with van der Waals surface area (Å²) in [4.78, 5) is 28.6. The number of pyridine rings is 2. The third-order valence-corrected chi connectivity index (χ3v) is 12.2. The number of aromatic nitrogens is 2. The predicted molar refractivity (Wildman–Crippen MR) is 211 cm³/mol. The molecule has 0 radical (unpaired) electrons. The first-order chi connectivity index (χ1) is 25.3. The molecule has 4 heterocycles. The number of hydrogen-bond donors (Lipinski definition) is 0. The molecule has 0 aliphatic rings. The molecule has 0 N–H and O–H groups in total. The van der Waals surface area contributed by atoms with Crippen LogP contribution in [0.25, 0.3) is 42.7 Å². The Morgan fingerprint density at radius 2 is 0.942 bits per heavy atom. The van der Waals surface area contributed by atoms with E-state index in [0.29, 0.717) is 22.9 Å². The van der Waals surface area contributed by atoms with Crippen molar-refractivity contribution >= 4 is 72.1 Å². The van der Waals surface area contributed by atoms with Crippen LogP contribution in [-0.2, 0) is 17.6 Å². The minimum Gasteiger partial charge on any atom is -0.298 e. The lowest BCUT2D eigenvalue weighted by atomic mass is 9.80. The highest BCUT2D eigenvalue weighted by molar-refractivity contribution is 7.20. The fourth-order valence-electron chi connectivity index (χ4n) is 6.82. The number of ketones is 1. The maximum atomic E-state index is 15.8. The highest BCUT2D eigenvalue weighted by Gasteiger charge is 2.36. The number of carbonyl (C=O) groups is 1. The molecular formula is C43H28Cl2F2N2OS2. The molecule has 256 valence electrons. The Morgan fingerprint density at radius 1 is 0.558 bits per heavy atom. The van der Waals surface area contributed by atoms with Crippen LogP contribution in [0.3, 0.4) is 0 Å². The molecule has 0 aliphatic heterocycles. The lowest BCUT2D eigenvalue weighted by Crippen LogP contribution is -2.24. The van der Waals surface area contributed by atoms with Crippen molar-refractivity contribution in [2.24, 2.45) is 0 Å². The Morgan fingerprint density at radius 3 is 1.33 bits per heavy atom. The highest BCUT2D eigenvalue weighted by Crippen LogP contribution is 2.48. The maximum Gasteiger partial charge on any atom is 0.150 e. The summed E-state index contributed by atoms with van der Waals surface area (Å²) >= 11 is 15.7. The molecule has 9 heteroatoms. The fourth-order valence-corrected chi connectivity index (χ4v) is 9.62. The van der Waals surface area contributed by atoms with Crippen LogP contribution in [0, 0.1) is 11.6 Å². The quantitative estimate of drug-likeness (QED) is 0.139. The van der Waals surface area contributed by atoms with Gasteiger partial charge in [-0.1, -0.05) is 71.7 Å². The van der Waals surface area contributed by atoms with Crippen molar-refractivity contribution in [1.29, 1.82) is 0 Å². The standard InChI is InChI=1S/C43H28Cl2F2N2OS2/c44-29-13-9-27(10-14-29)37-33-3-1-21-48-42(33)51-40(37)35(23-25-5-17-31(46)18-6-25)39(50)36(24-26-7-19-32(47)20-8-26)41-38(28-11-15-30(45)16-12-28)34-4-2-22-49-43(34)52-41/h1-22,35-36H,23-24H2. The molecule has 0 amide bonds. The zero-order valence-corrected chi connectivity index (χ0v) is 30.5. The van der Waals surface area contributed by atoms with E-state index in [-0.39, 0.29) is 17.4 Å². The third-order valence-electron chi connectivity index (χ3n) is 9.28. The van der Waals surface area contributed by atoms with Crippen LogP contribution in [0.2, 0.25) is 10.0 Å². The third kappa shape index (κ3) is 6.89. The number of carbonyl (C=O) groups excluding carboxylic acids is 1. The van der Waals surface area contributed by atoms with Crippen LogP contribution in [0.5, 0.6) is 0 Å². The van der Waals surface area contributed by atoms with Crippen LogP contribution in [0.15, 0.2) is 134 Å². The van der Waals surface area contributed by atoms with Crippen molar-refractivity contribution in [3.63, 3.8) is 0 Å². The number of halogens is 4. The molecule has 0 saturated carbocycles. The molecule has 8 aromatic rings. The minimum absolute atomic E-state index is 0.0165. The molecule has 0 saturated heterocycles. The molecule has 0 spiro atoms. The monoisotopic (exact) mass is 760 g/mol. The molecular weight excluding hydrogens is 734 g/mol. The van der Waals surface area contributed by atoms with Crippen molar-refractivity contribution in [2.75, 3.05) is 0 Å². The topological polar surface area (TPSA) is 42.9 Å². The number of thiophene rings is 2. The molecule has 8 rings (SSSR count). The van der Waals surface area contributed by atoms with Gasteiger partial charge in [-0.15, -0.1) is 22.7 Å². The van der Waals surface area contributed by atoms with Crippen LogP contribution in [0.1, 0.15) is 32.7 Å². The van der Waals surface area contributed by atoms with E-state index in [2.05, 4.69) is 0 Å². The van der Waals surface area contributed by atoms with Gasteiger partial charge in [-0.25, -0.2) is 18.7 Å². The summed E-state index contributed by atoms with van der Waals surface area (Å²) in [6, 6.07) is 35.7. The van der Waals surface area contributed by atoms with E-state index in [1.807, 2.05) is 72.8 Å². The molecule has 0 fully saturated rings. The van der Waals surface area contributed by atoms with Gasteiger partial charge in [-0.2, -0.15) is 0 Å². The lowest BCUT2D eigenvalue weighted by Gasteiger charge is -2.24. The summed E-state index contributed by atoms with van der Waals surface area (Å²) < 4.78 is 28.4. The first-order valence-electron chi connectivity index (χ1n) is 16.6. The molecule has 52 heavy (non-hydrogen) atoms. The van der Waals surface area contributed by atoms with Crippen LogP contribution in [-0.4, -0.2) is 15.8 Å². The number of nitrogens with zero attached hydrogens (tertiary/aromatic N) is 2. The zero-order valence-electron chi connectivity index (χ0n) is 27.4. The summed E-state index contributed by atoms with van der Waals surface area (Å²) in [6.45, 7) is 0. The molecule has 4 aromatic heterocycles. The van der Waals surface area contributed by atoms with E-state index in [1.165, 1.54) is 46.9 Å². The van der Waals surface area contributed by atoms with Crippen LogP contribution >= 0.6 is 45.9 Å². The number of rotatable bonds is 10. The van der Waals surface area contributed by atoms with E-state index in [4.69, 9.17) is 33.2 Å². The summed E-state index contributed by atoms with van der Waals surface area (Å²) in [7, 11) is 0. The second-order valence-corrected chi connectivity index (χ2v) is 15.5. The van der Waals surface area contributed by atoms with E-state index >= 15 is 4.79 Å². The zero-order chi connectivity index (χ0) is 35.8. The van der Waals surface area contributed by atoms with Crippen LogP contribution < -0.4 is 0 Å². The summed E-state index contributed by atoms with van der Waals surface area (Å²) in [6.07, 6.45) is 4.16. The SMILES string of the molecule is O=C(C(Cc1ccc(F)cc1)c1sc2ncccc2c1-c1ccc(Cl)cc1)C(Cc1ccc(F)cc1)c1sc2ncccc2c1-c1ccc(Cl)cc1. The van der Waals surface area contributed by atoms with Crippen molar-refractivity contribution in [3.8, 4) is 22.3 Å². The summed E-state index contributed by atoms with van der Waals surface area (Å²) in [5.41, 5.74) is 5.31. The van der Waals surface area contributed by atoms with Crippen molar-refractivity contribution in [1.82, 2.24) is 9.97 Å². The number of benzene rings is 4. The molecule has 2 unspecified atom stereocenters. The molecule has 0 bridgehead atoms. The number of Topliss-reactive ketones (excluding diaryl/α,β-unsaturated/α-hetero) is 1. The largest absolute Gasteiger partial charge is 0.298 e. The minimum atomic E-state index is -0.656. The number of fused-ring (bicyclic) bond motifs is 2. The predicted octanol–water partition coefficient (Wildman–Crippen LogP) is 12.7. The van der Waals surface area contributed by atoms with Crippen molar-refractivity contribution < 1.29 is 13.6 Å². The average molecular weight is 762 g/mol. The summed E-state index contributed by atoms with van der Waals surface area (Å²) in [5.74, 6) is -2.02. The summed E-state index contributed by atoms with van der Waals surface area (Å²) in [5, 5.41) is 3.08. The fraction of sp³-hybridized carbons (Fsp3) is 0.0930. The Labute approximate surface area is 317 Å². The van der Waals surface area contributed by atoms with Gasteiger partial charge in [-0.05, 0) is 108 Å². The van der Waals surface area contributed by atoms with Gasteiger partial charge in [0.1, 0.15) is 27.1 Å². The second-order valence-electron chi connectivity index (χ2n) is 12.6. The number of hydrogen-bond acceptors (Lipinski definition) is 5. The van der Waals surface area contributed by atoms with E-state index in [9.17, 15) is 8.78 Å². The van der Waals surface area contributed by atoms with Gasteiger partial charge in [0.05, 0.1) is 11.8 Å². The Bertz CT molecular complexity index is 2350.